The first-order valence-electron chi connectivity index (χ1n) is 11.7. The Morgan fingerprint density at radius 1 is 1.11 bits per heavy atom. The molecule has 204 valence electrons. The maximum Gasteiger partial charge on any atom is 0.410 e. The number of aldehydes is 1. The predicted molar refractivity (Wildman–Crippen MR) is 130 cm³/mol. The molecule has 1 aliphatic heterocycles. The molecular weight excluding hydrogens is 474 g/mol. The van der Waals surface area contributed by atoms with Gasteiger partial charge in [0, 0.05) is 26.1 Å². The zero-order chi connectivity index (χ0) is 27.5. The van der Waals surface area contributed by atoms with Crippen molar-refractivity contribution in [1.82, 2.24) is 31.5 Å². The van der Waals surface area contributed by atoms with E-state index in [4.69, 9.17) is 10.5 Å². The van der Waals surface area contributed by atoms with E-state index in [1.54, 1.807) is 34.7 Å². The van der Waals surface area contributed by atoms with E-state index in [0.29, 0.717) is 6.29 Å². The molecule has 1 heterocycles. The molecule has 1 saturated heterocycles. The second-order valence-electron chi connectivity index (χ2n) is 9.77. The Labute approximate surface area is 210 Å². The molecule has 2 atom stereocenters. The molecule has 0 spiro atoms. The number of ether oxygens (including phenoxy) is 1. The third kappa shape index (κ3) is 10.6. The Hall–Kier alpha value is -3.26. The number of nitrogens with zero attached hydrogens (tertiary/aromatic N) is 1. The zero-order valence-electron chi connectivity index (χ0n) is 21.6. The first kappa shape index (κ1) is 30.8. The molecule has 0 unspecified atom stereocenters. The average molecular weight is 514 g/mol. The van der Waals surface area contributed by atoms with Crippen molar-refractivity contribution in [3.63, 3.8) is 0 Å². The van der Waals surface area contributed by atoms with Gasteiger partial charge < -0.3 is 41.4 Å². The van der Waals surface area contributed by atoms with Crippen LogP contribution < -0.4 is 32.3 Å². The van der Waals surface area contributed by atoms with E-state index in [1.165, 1.54) is 4.90 Å². The van der Waals surface area contributed by atoms with Gasteiger partial charge in [-0.1, -0.05) is 0 Å². The minimum atomic E-state index is -1.01. The summed E-state index contributed by atoms with van der Waals surface area (Å²) in [6.07, 6.45) is -0.0845. The average Bonchev–Trinajstić information content (AvgIpc) is 2.74. The van der Waals surface area contributed by atoms with Crippen molar-refractivity contribution in [2.24, 2.45) is 5.73 Å². The summed E-state index contributed by atoms with van der Waals surface area (Å²) in [5, 5.41) is 13.5. The highest BCUT2D eigenvalue weighted by molar-refractivity contribution is 5.89. The van der Waals surface area contributed by atoms with Crippen molar-refractivity contribution in [1.29, 1.82) is 0 Å². The number of rotatable bonds is 14. The van der Waals surface area contributed by atoms with Gasteiger partial charge in [0.1, 0.15) is 17.9 Å². The van der Waals surface area contributed by atoms with Crippen LogP contribution in [0.25, 0.3) is 0 Å². The van der Waals surface area contributed by atoms with Crippen LogP contribution in [0.15, 0.2) is 0 Å². The van der Waals surface area contributed by atoms with Crippen LogP contribution in [0.1, 0.15) is 40.5 Å². The number of hydrogen-bond acceptors (Lipinski definition) is 9. The Kier molecular flexibility index (Phi) is 11.7. The number of nitrogens with two attached hydrogens (primary N) is 1. The number of primary amides is 1. The van der Waals surface area contributed by atoms with Gasteiger partial charge in [-0.15, -0.1) is 0 Å². The van der Waals surface area contributed by atoms with Gasteiger partial charge in [-0.2, -0.15) is 0 Å². The van der Waals surface area contributed by atoms with Gasteiger partial charge in [0.2, 0.25) is 23.6 Å². The Balaban J connectivity index is 2.93. The lowest BCUT2D eigenvalue weighted by atomic mass is 9.88. The van der Waals surface area contributed by atoms with Gasteiger partial charge in [0.05, 0.1) is 24.7 Å². The molecule has 36 heavy (non-hydrogen) atoms. The second kappa shape index (κ2) is 13.7. The minimum absolute atomic E-state index is 0.00536. The smallest absolute Gasteiger partial charge is 0.410 e. The van der Waals surface area contributed by atoms with Crippen LogP contribution in [0, 0.1) is 0 Å². The van der Waals surface area contributed by atoms with E-state index >= 15 is 0 Å². The first-order valence-corrected chi connectivity index (χ1v) is 11.7. The lowest BCUT2D eigenvalue weighted by Crippen LogP contribution is -2.76. The summed E-state index contributed by atoms with van der Waals surface area (Å²) in [4.78, 5) is 72.8. The Morgan fingerprint density at radius 2 is 1.75 bits per heavy atom. The fourth-order valence-corrected chi connectivity index (χ4v) is 3.56. The molecule has 7 N–H and O–H groups in total. The van der Waals surface area contributed by atoms with Crippen molar-refractivity contribution in [3.05, 3.63) is 0 Å². The van der Waals surface area contributed by atoms with Crippen LogP contribution in [0.5, 0.6) is 0 Å². The lowest BCUT2D eigenvalue weighted by Gasteiger charge is -2.51. The van der Waals surface area contributed by atoms with E-state index in [2.05, 4.69) is 26.6 Å². The number of likely N-dealkylation sites (tertiary alicyclic amines) is 1. The lowest BCUT2D eigenvalue weighted by molar-refractivity contribution is -0.129. The summed E-state index contributed by atoms with van der Waals surface area (Å²) < 4.78 is 5.38. The number of likely N-dealkylation sites (N-methyl/N-ethyl adjacent to an activating group) is 1. The van der Waals surface area contributed by atoms with Crippen molar-refractivity contribution in [2.45, 2.75) is 63.8 Å². The van der Waals surface area contributed by atoms with Gasteiger partial charge in [0.15, 0.2) is 0 Å². The Bertz CT molecular complexity index is 822. The molecule has 0 aromatic heterocycles. The first-order chi connectivity index (χ1) is 16.7. The van der Waals surface area contributed by atoms with Crippen LogP contribution >= 0.6 is 0 Å². The monoisotopic (exact) mass is 513 g/mol. The zero-order valence-corrected chi connectivity index (χ0v) is 21.6. The summed E-state index contributed by atoms with van der Waals surface area (Å²) in [6.45, 7) is 6.91. The Morgan fingerprint density at radius 3 is 2.28 bits per heavy atom. The third-order valence-corrected chi connectivity index (χ3v) is 5.18. The maximum absolute atomic E-state index is 12.9. The van der Waals surface area contributed by atoms with Gasteiger partial charge >= 0.3 is 6.09 Å². The van der Waals surface area contributed by atoms with Crippen LogP contribution in [-0.2, 0) is 28.7 Å². The van der Waals surface area contributed by atoms with E-state index in [1.807, 2.05) is 0 Å². The van der Waals surface area contributed by atoms with Crippen molar-refractivity contribution in [3.8, 4) is 0 Å². The summed E-state index contributed by atoms with van der Waals surface area (Å²) in [5.74, 6) is -2.02. The molecule has 0 bridgehead atoms. The fraction of sp³-hybridized carbons (Fsp3) is 0.727. The van der Waals surface area contributed by atoms with E-state index < -0.39 is 52.9 Å². The topological polar surface area (TPSA) is 201 Å². The molecular formula is C22H39N7O7. The van der Waals surface area contributed by atoms with Gasteiger partial charge in [0.25, 0.3) is 0 Å². The number of carbonyl (C=O) groups excluding carboxylic acids is 6. The summed E-state index contributed by atoms with van der Waals surface area (Å²) in [6, 6.07) is -1.76. The second-order valence-corrected chi connectivity index (χ2v) is 9.77. The SMILES string of the molecule is CNCC(=O)N[C@@H](CCC(N)=O)C(=O)NCC1(N[C@@H](C)C(=O)NCC=O)CN(C(=O)OC(C)(C)C)C1. The predicted octanol–water partition coefficient (Wildman–Crippen LogP) is -2.64. The minimum Gasteiger partial charge on any atom is -0.444 e. The van der Waals surface area contributed by atoms with Crippen LogP contribution in [-0.4, -0.2) is 104 Å². The molecule has 1 aliphatic rings. The largest absolute Gasteiger partial charge is 0.444 e. The molecule has 0 aromatic carbocycles. The molecule has 1 rings (SSSR count). The fourth-order valence-electron chi connectivity index (χ4n) is 3.56. The van der Waals surface area contributed by atoms with E-state index in [-0.39, 0.29) is 45.6 Å². The van der Waals surface area contributed by atoms with Gasteiger partial charge in [-0.3, -0.25) is 24.5 Å². The van der Waals surface area contributed by atoms with Crippen molar-refractivity contribution in [2.75, 3.05) is 39.8 Å². The van der Waals surface area contributed by atoms with E-state index in [9.17, 15) is 28.8 Å². The molecule has 5 amide bonds. The summed E-state index contributed by atoms with van der Waals surface area (Å²) in [7, 11) is 1.58. The third-order valence-electron chi connectivity index (χ3n) is 5.18. The van der Waals surface area contributed by atoms with E-state index in [0.717, 1.165) is 0 Å². The highest BCUT2D eigenvalue weighted by Gasteiger charge is 2.48. The molecule has 14 heteroatoms. The van der Waals surface area contributed by atoms with Crippen LogP contribution in [0.4, 0.5) is 4.79 Å². The van der Waals surface area contributed by atoms with Crippen molar-refractivity contribution < 1.29 is 33.5 Å². The number of hydrogen-bond donors (Lipinski definition) is 6. The maximum atomic E-state index is 12.9. The molecule has 14 nitrogen and oxygen atoms in total. The normalized spacial score (nSPS) is 16.1. The highest BCUT2D eigenvalue weighted by atomic mass is 16.6. The summed E-state index contributed by atoms with van der Waals surface area (Å²) in [5.41, 5.74) is 3.62. The molecule has 0 saturated carbocycles. The van der Waals surface area contributed by atoms with Crippen molar-refractivity contribution >= 4 is 36.0 Å². The number of carbonyl (C=O) groups is 6. The standard InChI is InChI=1S/C22H39N7O7/c1-14(18(33)25-8-9-30)28-22(12-29(13-22)20(35)36-21(2,3)4)11-26-19(34)15(6-7-16(23)31)27-17(32)10-24-5/h9,14-15,24,28H,6-8,10-13H2,1-5H3,(H2,23,31)(H,25,33)(H,26,34)(H,27,32)/t14-,15-/m0/s1. The van der Waals surface area contributed by atoms with Gasteiger partial charge in [-0.25, -0.2) is 4.79 Å². The summed E-state index contributed by atoms with van der Waals surface area (Å²) >= 11 is 0. The molecule has 0 aliphatic carbocycles. The number of amides is 5. The van der Waals surface area contributed by atoms with Gasteiger partial charge in [-0.05, 0) is 41.2 Å². The number of nitrogens with one attached hydrogen (secondary N) is 5. The molecule has 0 aromatic rings. The quantitative estimate of drug-likeness (QED) is 0.134. The molecule has 0 radical (unpaired) electrons. The van der Waals surface area contributed by atoms with Crippen LogP contribution in [0.3, 0.4) is 0 Å². The highest BCUT2D eigenvalue weighted by Crippen LogP contribution is 2.24. The van der Waals surface area contributed by atoms with Crippen LogP contribution in [0.2, 0.25) is 0 Å². The molecule has 1 fully saturated rings.